The van der Waals surface area contributed by atoms with Gasteiger partial charge in [0.05, 0.1) is 9.40 Å². The minimum Gasteiger partial charge on any atom is -0.134 e. The molecule has 32 heavy (non-hydrogen) atoms. The SMILES string of the molecule is Cc1cc2c(cc1/C=C1/C=CC=CC1)sc1c3cc4cc5ccccc5cc4cc3sc21. The number of benzene rings is 4. The third kappa shape index (κ3) is 2.80. The van der Waals surface area contributed by atoms with E-state index in [1.807, 2.05) is 22.7 Å². The summed E-state index contributed by atoms with van der Waals surface area (Å²) in [6, 6.07) is 22.9. The van der Waals surface area contributed by atoms with Crippen molar-refractivity contribution in [3.05, 3.63) is 102 Å². The quantitative estimate of drug-likeness (QED) is 0.221. The van der Waals surface area contributed by atoms with Gasteiger partial charge in [-0.3, -0.25) is 0 Å². The molecule has 0 spiro atoms. The first-order chi connectivity index (χ1) is 15.7. The van der Waals surface area contributed by atoms with E-state index in [2.05, 4.69) is 98.0 Å². The smallest absolute Gasteiger partial charge is 0.0542 e. The summed E-state index contributed by atoms with van der Waals surface area (Å²) in [6.07, 6.45) is 12.1. The molecule has 0 amide bonds. The molecule has 2 aromatic heterocycles. The van der Waals surface area contributed by atoms with Crippen molar-refractivity contribution >= 4 is 79.9 Å². The Kier molecular flexibility index (Phi) is 3.96. The van der Waals surface area contributed by atoms with E-state index in [1.54, 1.807) is 0 Å². The van der Waals surface area contributed by atoms with Gasteiger partial charge in [-0.25, -0.2) is 0 Å². The number of aryl methyl sites for hydroxylation is 1. The third-order valence-electron chi connectivity index (χ3n) is 6.54. The molecule has 2 heteroatoms. The monoisotopic (exact) mass is 444 g/mol. The van der Waals surface area contributed by atoms with Crippen molar-refractivity contribution in [1.82, 2.24) is 0 Å². The Bertz CT molecular complexity index is 1800. The van der Waals surface area contributed by atoms with Gasteiger partial charge >= 0.3 is 0 Å². The van der Waals surface area contributed by atoms with Crippen LogP contribution in [0.2, 0.25) is 0 Å². The lowest BCUT2D eigenvalue weighted by Gasteiger charge is -2.06. The summed E-state index contributed by atoms with van der Waals surface area (Å²) in [7, 11) is 0. The first-order valence-corrected chi connectivity index (χ1v) is 12.6. The van der Waals surface area contributed by atoms with Gasteiger partial charge in [0.1, 0.15) is 0 Å². The lowest BCUT2D eigenvalue weighted by molar-refractivity contribution is 1.28. The second-order valence-corrected chi connectivity index (χ2v) is 10.8. The number of hydrogen-bond donors (Lipinski definition) is 0. The lowest BCUT2D eigenvalue weighted by Crippen LogP contribution is -1.85. The van der Waals surface area contributed by atoms with Crippen LogP contribution in [0.25, 0.3) is 57.2 Å². The minimum atomic E-state index is 1.01. The molecule has 0 nitrogen and oxygen atoms in total. The van der Waals surface area contributed by atoms with Crippen molar-refractivity contribution in [2.24, 2.45) is 0 Å². The molecule has 0 saturated heterocycles. The van der Waals surface area contributed by atoms with E-state index in [0.717, 1.165) is 6.42 Å². The number of fused-ring (bicyclic) bond motifs is 7. The molecule has 0 aliphatic heterocycles. The second kappa shape index (κ2) is 6.90. The standard InChI is InChI=1S/C30H20S2/c1-18-11-25-27(16-22(18)12-19-7-3-2-4-8-19)31-30-26-15-23-13-20-9-5-6-10-21(20)14-24(23)17-28(26)32-29(25)30/h2-7,9-17H,8H2,1H3/b19-12-. The normalized spacial score (nSPS) is 15.3. The fraction of sp³-hybridized carbons (Fsp3) is 0.0667. The van der Waals surface area contributed by atoms with E-state index in [1.165, 1.54) is 67.8 Å². The Balaban J connectivity index is 1.46. The number of rotatable bonds is 1. The van der Waals surface area contributed by atoms with Crippen LogP contribution in [0.5, 0.6) is 0 Å². The summed E-state index contributed by atoms with van der Waals surface area (Å²) >= 11 is 3.89. The molecule has 0 atom stereocenters. The van der Waals surface area contributed by atoms with Crippen LogP contribution in [0, 0.1) is 6.92 Å². The van der Waals surface area contributed by atoms with Gasteiger partial charge < -0.3 is 0 Å². The zero-order valence-corrected chi connectivity index (χ0v) is 19.3. The Morgan fingerprint density at radius 3 is 2.12 bits per heavy atom. The van der Waals surface area contributed by atoms with Crippen LogP contribution in [-0.2, 0) is 0 Å². The topological polar surface area (TPSA) is 0 Å². The van der Waals surface area contributed by atoms with E-state index in [4.69, 9.17) is 0 Å². The van der Waals surface area contributed by atoms with Crippen LogP contribution in [0.4, 0.5) is 0 Å². The van der Waals surface area contributed by atoms with Crippen LogP contribution in [0.1, 0.15) is 17.5 Å². The molecule has 0 unspecified atom stereocenters. The lowest BCUT2D eigenvalue weighted by atomic mass is 10.0. The molecule has 1 aliphatic carbocycles. The fourth-order valence-corrected chi connectivity index (χ4v) is 7.55. The highest BCUT2D eigenvalue weighted by Crippen LogP contribution is 2.46. The number of thiophene rings is 2. The molecule has 2 heterocycles. The molecule has 4 aromatic carbocycles. The highest BCUT2D eigenvalue weighted by atomic mass is 32.1. The molecular formula is C30H20S2. The molecule has 6 aromatic rings. The van der Waals surface area contributed by atoms with Crippen molar-refractivity contribution < 1.29 is 0 Å². The predicted molar refractivity (Wildman–Crippen MR) is 145 cm³/mol. The van der Waals surface area contributed by atoms with E-state index < -0.39 is 0 Å². The van der Waals surface area contributed by atoms with Gasteiger partial charge in [-0.15, -0.1) is 22.7 Å². The summed E-state index contributed by atoms with van der Waals surface area (Å²) in [6.45, 7) is 2.24. The maximum atomic E-state index is 2.40. The van der Waals surface area contributed by atoms with Crippen LogP contribution >= 0.6 is 22.7 Å². The summed E-state index contributed by atoms with van der Waals surface area (Å²) in [5, 5.41) is 8.07. The summed E-state index contributed by atoms with van der Waals surface area (Å²) in [4.78, 5) is 0. The zero-order valence-electron chi connectivity index (χ0n) is 17.7. The molecule has 152 valence electrons. The van der Waals surface area contributed by atoms with Crippen molar-refractivity contribution in [3.63, 3.8) is 0 Å². The Morgan fingerprint density at radius 1 is 0.719 bits per heavy atom. The molecule has 0 saturated carbocycles. The third-order valence-corrected chi connectivity index (χ3v) is 9.04. The average molecular weight is 445 g/mol. The first-order valence-electron chi connectivity index (χ1n) is 11.0. The zero-order chi connectivity index (χ0) is 21.2. The number of allylic oxidation sites excluding steroid dienone is 5. The summed E-state index contributed by atoms with van der Waals surface area (Å²) < 4.78 is 5.64. The Hall–Kier alpha value is -3.20. The Labute approximate surface area is 194 Å². The molecule has 7 rings (SSSR count). The highest BCUT2D eigenvalue weighted by molar-refractivity contribution is 7.36. The molecule has 1 aliphatic rings. The van der Waals surface area contributed by atoms with Gasteiger partial charge in [-0.1, -0.05) is 54.6 Å². The van der Waals surface area contributed by atoms with Gasteiger partial charge in [0.25, 0.3) is 0 Å². The van der Waals surface area contributed by atoms with E-state index >= 15 is 0 Å². The van der Waals surface area contributed by atoms with Gasteiger partial charge in [0.15, 0.2) is 0 Å². The van der Waals surface area contributed by atoms with Crippen LogP contribution < -0.4 is 0 Å². The maximum absolute atomic E-state index is 2.40. The van der Waals surface area contributed by atoms with Gasteiger partial charge in [-0.05, 0) is 88.0 Å². The van der Waals surface area contributed by atoms with Crippen LogP contribution in [-0.4, -0.2) is 0 Å². The predicted octanol–water partition coefficient (Wildman–Crippen LogP) is 9.78. The van der Waals surface area contributed by atoms with E-state index in [0.29, 0.717) is 0 Å². The summed E-state index contributed by atoms with van der Waals surface area (Å²) in [5.74, 6) is 0. The van der Waals surface area contributed by atoms with Crippen molar-refractivity contribution in [3.8, 4) is 0 Å². The molecule has 0 radical (unpaired) electrons. The van der Waals surface area contributed by atoms with Gasteiger partial charge in [0.2, 0.25) is 0 Å². The maximum Gasteiger partial charge on any atom is 0.0542 e. The number of hydrogen-bond acceptors (Lipinski definition) is 2. The molecular weight excluding hydrogens is 424 g/mol. The average Bonchev–Trinajstić information content (AvgIpc) is 3.32. The van der Waals surface area contributed by atoms with E-state index in [9.17, 15) is 0 Å². The second-order valence-electron chi connectivity index (χ2n) is 8.67. The molecule has 0 N–H and O–H groups in total. The highest BCUT2D eigenvalue weighted by Gasteiger charge is 2.14. The summed E-state index contributed by atoms with van der Waals surface area (Å²) in [5.41, 5.74) is 4.06. The largest absolute Gasteiger partial charge is 0.134 e. The first kappa shape index (κ1) is 18.4. The van der Waals surface area contributed by atoms with E-state index in [-0.39, 0.29) is 0 Å². The molecule has 0 fully saturated rings. The Morgan fingerprint density at radius 2 is 1.41 bits per heavy atom. The minimum absolute atomic E-state index is 1.01. The van der Waals surface area contributed by atoms with Crippen molar-refractivity contribution in [1.29, 1.82) is 0 Å². The van der Waals surface area contributed by atoms with Gasteiger partial charge in [0, 0.05) is 20.2 Å². The van der Waals surface area contributed by atoms with Crippen molar-refractivity contribution in [2.75, 3.05) is 0 Å². The molecule has 0 bridgehead atoms. The van der Waals surface area contributed by atoms with Crippen molar-refractivity contribution in [2.45, 2.75) is 13.3 Å². The van der Waals surface area contributed by atoms with Crippen LogP contribution in [0.3, 0.4) is 0 Å². The fourth-order valence-electron chi connectivity index (χ4n) is 4.86. The van der Waals surface area contributed by atoms with Gasteiger partial charge in [-0.2, -0.15) is 0 Å². The van der Waals surface area contributed by atoms with Crippen LogP contribution in [0.15, 0.2) is 90.5 Å².